The summed E-state index contributed by atoms with van der Waals surface area (Å²) in [5, 5.41) is 7.05. The average molecular weight is 561 g/mol. The van der Waals surface area contributed by atoms with Gasteiger partial charge in [0.2, 0.25) is 5.95 Å². The van der Waals surface area contributed by atoms with Gasteiger partial charge in [-0.3, -0.25) is 4.79 Å². The number of piperidine rings is 1. The number of thiophene rings is 1. The van der Waals surface area contributed by atoms with Crippen LogP contribution in [0.4, 0.5) is 5.95 Å². The molecular formula is C22H28BrCl2N5OS. The van der Waals surface area contributed by atoms with Crippen LogP contribution in [-0.4, -0.2) is 54.5 Å². The molecule has 1 aliphatic heterocycles. The maximum atomic E-state index is 12.2. The molecule has 174 valence electrons. The second-order valence-corrected chi connectivity index (χ2v) is 9.70. The first kappa shape index (κ1) is 26.8. The molecule has 6 nitrogen and oxygen atoms in total. The van der Waals surface area contributed by atoms with Gasteiger partial charge in [0, 0.05) is 35.4 Å². The number of nitrogens with one attached hydrogen (secondary N) is 2. The number of fused-ring (bicyclic) bond motifs is 1. The Hall–Kier alpha value is -1.45. The first-order valence-corrected chi connectivity index (χ1v) is 11.9. The predicted molar refractivity (Wildman–Crippen MR) is 142 cm³/mol. The van der Waals surface area contributed by atoms with Gasteiger partial charge in [-0.2, -0.15) is 0 Å². The fourth-order valence-corrected chi connectivity index (χ4v) is 5.50. The Labute approximate surface area is 213 Å². The summed E-state index contributed by atoms with van der Waals surface area (Å²) < 4.78 is 1.91. The number of anilines is 1. The lowest BCUT2D eigenvalue weighted by Crippen LogP contribution is -2.30. The number of aromatic nitrogens is 2. The third-order valence-corrected chi connectivity index (χ3v) is 7.37. The Bertz CT molecular complexity index is 1060. The summed E-state index contributed by atoms with van der Waals surface area (Å²) in [6.45, 7) is 3.25. The highest BCUT2D eigenvalue weighted by molar-refractivity contribution is 9.10. The van der Waals surface area contributed by atoms with Crippen molar-refractivity contribution in [1.29, 1.82) is 0 Å². The molecule has 3 heterocycles. The van der Waals surface area contributed by atoms with Crippen molar-refractivity contribution in [2.45, 2.75) is 19.3 Å². The SMILES string of the molecule is CNC(=O)c1cccc2sc(-c3nc(NCCC4CCN(C)CC4)ncc3Br)cc12.Cl.Cl. The Kier molecular flexibility index (Phi) is 10.2. The van der Waals surface area contributed by atoms with Crippen molar-refractivity contribution >= 4 is 74.0 Å². The van der Waals surface area contributed by atoms with Crippen LogP contribution in [0.2, 0.25) is 0 Å². The second kappa shape index (κ2) is 12.1. The topological polar surface area (TPSA) is 70.2 Å². The van der Waals surface area contributed by atoms with Gasteiger partial charge in [0.1, 0.15) is 5.69 Å². The van der Waals surface area contributed by atoms with Crippen LogP contribution in [0.25, 0.3) is 20.7 Å². The zero-order chi connectivity index (χ0) is 21.1. The fraction of sp³-hybridized carbons (Fsp3) is 0.409. The highest BCUT2D eigenvalue weighted by Gasteiger charge is 2.17. The molecule has 2 aromatic heterocycles. The molecule has 0 unspecified atom stereocenters. The minimum atomic E-state index is -0.0806. The summed E-state index contributed by atoms with van der Waals surface area (Å²) in [5.74, 6) is 1.34. The Morgan fingerprint density at radius 3 is 2.75 bits per heavy atom. The Morgan fingerprint density at radius 2 is 2.03 bits per heavy atom. The average Bonchev–Trinajstić information content (AvgIpc) is 3.20. The van der Waals surface area contributed by atoms with E-state index in [1.807, 2.05) is 24.3 Å². The number of hydrogen-bond acceptors (Lipinski definition) is 6. The maximum absolute atomic E-state index is 12.2. The summed E-state index contributed by atoms with van der Waals surface area (Å²) in [4.78, 5) is 24.8. The van der Waals surface area contributed by atoms with Gasteiger partial charge in [0.05, 0.1) is 9.35 Å². The molecule has 0 bridgehead atoms. The van der Waals surface area contributed by atoms with Crippen molar-refractivity contribution in [2.24, 2.45) is 5.92 Å². The monoisotopic (exact) mass is 559 g/mol. The maximum Gasteiger partial charge on any atom is 0.251 e. The molecule has 0 atom stereocenters. The van der Waals surface area contributed by atoms with E-state index in [2.05, 4.69) is 43.5 Å². The van der Waals surface area contributed by atoms with Crippen LogP contribution in [0.15, 0.2) is 34.9 Å². The van der Waals surface area contributed by atoms with Gasteiger partial charge in [0.25, 0.3) is 5.91 Å². The molecule has 2 N–H and O–H groups in total. The second-order valence-electron chi connectivity index (χ2n) is 7.76. The predicted octanol–water partition coefficient (Wildman–Crippen LogP) is 5.47. The van der Waals surface area contributed by atoms with E-state index in [-0.39, 0.29) is 30.7 Å². The molecule has 3 aromatic rings. The van der Waals surface area contributed by atoms with Gasteiger partial charge < -0.3 is 15.5 Å². The van der Waals surface area contributed by atoms with E-state index in [9.17, 15) is 4.79 Å². The van der Waals surface area contributed by atoms with Gasteiger partial charge in [-0.1, -0.05) is 6.07 Å². The third-order valence-electron chi connectivity index (χ3n) is 5.68. The highest BCUT2D eigenvalue weighted by Crippen LogP contribution is 2.37. The standard InChI is InChI=1S/C22H26BrN5OS.2ClH/c1-24-21(29)15-4-3-5-18-16(15)12-19(30-18)20-17(23)13-26-22(27-20)25-9-6-14-7-10-28(2)11-8-14;;/h3-5,12-14H,6-11H2,1-2H3,(H,24,29)(H,25,26,27);2*1H. The van der Waals surface area contributed by atoms with Gasteiger partial charge in [0.15, 0.2) is 0 Å². The summed E-state index contributed by atoms with van der Waals surface area (Å²) in [7, 11) is 3.84. The van der Waals surface area contributed by atoms with E-state index in [1.165, 1.54) is 25.9 Å². The molecule has 1 saturated heterocycles. The largest absolute Gasteiger partial charge is 0.355 e. The number of hydrogen-bond donors (Lipinski definition) is 2. The zero-order valence-corrected chi connectivity index (χ0v) is 22.1. The molecule has 32 heavy (non-hydrogen) atoms. The van der Waals surface area contributed by atoms with Crippen molar-refractivity contribution in [2.75, 3.05) is 39.0 Å². The van der Waals surface area contributed by atoms with E-state index >= 15 is 0 Å². The summed E-state index contributed by atoms with van der Waals surface area (Å²) in [6.07, 6.45) is 5.46. The molecule has 0 radical (unpaired) electrons. The molecule has 1 aliphatic rings. The lowest BCUT2D eigenvalue weighted by Gasteiger charge is -2.28. The number of nitrogens with zero attached hydrogens (tertiary/aromatic N) is 3. The number of carbonyl (C=O) groups is 1. The lowest BCUT2D eigenvalue weighted by atomic mass is 9.94. The highest BCUT2D eigenvalue weighted by atomic mass is 79.9. The quantitative estimate of drug-likeness (QED) is 0.418. The van der Waals surface area contributed by atoms with Gasteiger partial charge in [-0.15, -0.1) is 36.2 Å². The molecule has 4 rings (SSSR count). The first-order chi connectivity index (χ1) is 14.5. The van der Waals surface area contributed by atoms with Crippen molar-refractivity contribution in [1.82, 2.24) is 20.2 Å². The van der Waals surface area contributed by atoms with Crippen molar-refractivity contribution in [3.8, 4) is 10.6 Å². The van der Waals surface area contributed by atoms with E-state index < -0.39 is 0 Å². The number of halogens is 3. The number of carbonyl (C=O) groups excluding carboxylic acids is 1. The van der Waals surface area contributed by atoms with Crippen LogP contribution in [0.1, 0.15) is 29.6 Å². The number of rotatable bonds is 6. The van der Waals surface area contributed by atoms with Gasteiger partial charge >= 0.3 is 0 Å². The van der Waals surface area contributed by atoms with Crippen LogP contribution >= 0.6 is 52.1 Å². The van der Waals surface area contributed by atoms with Crippen LogP contribution in [-0.2, 0) is 0 Å². The van der Waals surface area contributed by atoms with E-state index in [0.717, 1.165) is 44.0 Å². The smallest absolute Gasteiger partial charge is 0.251 e. The van der Waals surface area contributed by atoms with Crippen molar-refractivity contribution in [3.05, 3.63) is 40.5 Å². The van der Waals surface area contributed by atoms with E-state index in [1.54, 1.807) is 24.6 Å². The summed E-state index contributed by atoms with van der Waals surface area (Å²) >= 11 is 5.22. The Morgan fingerprint density at radius 1 is 1.28 bits per heavy atom. The van der Waals surface area contributed by atoms with Crippen LogP contribution in [0.5, 0.6) is 0 Å². The zero-order valence-electron chi connectivity index (χ0n) is 18.1. The number of benzene rings is 1. The molecule has 1 aromatic carbocycles. The van der Waals surface area contributed by atoms with Crippen LogP contribution in [0.3, 0.4) is 0 Å². The third kappa shape index (κ3) is 6.11. The van der Waals surface area contributed by atoms with Gasteiger partial charge in [-0.05, 0) is 79.4 Å². The molecule has 0 spiro atoms. The Balaban J connectivity index is 0.00000181. The first-order valence-electron chi connectivity index (χ1n) is 10.2. The van der Waals surface area contributed by atoms with E-state index in [0.29, 0.717) is 11.5 Å². The molecule has 0 saturated carbocycles. The summed E-state index contributed by atoms with van der Waals surface area (Å²) in [5.41, 5.74) is 1.52. The fourth-order valence-electron chi connectivity index (χ4n) is 3.87. The minimum Gasteiger partial charge on any atom is -0.355 e. The van der Waals surface area contributed by atoms with Gasteiger partial charge in [-0.25, -0.2) is 9.97 Å². The van der Waals surface area contributed by atoms with Crippen LogP contribution < -0.4 is 10.6 Å². The number of likely N-dealkylation sites (tertiary alicyclic amines) is 1. The van der Waals surface area contributed by atoms with E-state index in [4.69, 9.17) is 4.98 Å². The van der Waals surface area contributed by atoms with Crippen LogP contribution in [0, 0.1) is 5.92 Å². The molecule has 0 aliphatic carbocycles. The lowest BCUT2D eigenvalue weighted by molar-refractivity contribution is 0.0965. The minimum absolute atomic E-state index is 0. The molecule has 1 fully saturated rings. The summed E-state index contributed by atoms with van der Waals surface area (Å²) in [6, 6.07) is 7.84. The molecule has 1 amide bonds. The molecule has 10 heteroatoms. The molecular weight excluding hydrogens is 533 g/mol. The number of amides is 1. The van der Waals surface area contributed by atoms with Crippen molar-refractivity contribution < 1.29 is 4.79 Å². The normalized spacial score (nSPS) is 14.5. The van der Waals surface area contributed by atoms with Crippen molar-refractivity contribution in [3.63, 3.8) is 0 Å².